The van der Waals surface area contributed by atoms with E-state index in [4.69, 9.17) is 0 Å². The summed E-state index contributed by atoms with van der Waals surface area (Å²) < 4.78 is 0. The molecular formula is C20H23N5. The van der Waals surface area contributed by atoms with E-state index < -0.39 is 0 Å². The van der Waals surface area contributed by atoms with Crippen molar-refractivity contribution in [2.75, 3.05) is 17.2 Å². The van der Waals surface area contributed by atoms with Crippen LogP contribution in [0.4, 0.5) is 17.5 Å². The summed E-state index contributed by atoms with van der Waals surface area (Å²) in [7, 11) is 0. The lowest BCUT2D eigenvalue weighted by Crippen LogP contribution is -2.08. The molecule has 0 radical (unpaired) electrons. The van der Waals surface area contributed by atoms with E-state index >= 15 is 0 Å². The molecule has 5 nitrogen and oxygen atoms in total. The van der Waals surface area contributed by atoms with Gasteiger partial charge in [-0.1, -0.05) is 42.5 Å². The number of hydrogen-bond acceptors (Lipinski definition) is 5. The maximum atomic E-state index is 4.49. The molecule has 0 fully saturated rings. The zero-order valence-corrected chi connectivity index (χ0v) is 14.7. The van der Waals surface area contributed by atoms with Crippen LogP contribution in [0.3, 0.4) is 0 Å². The molecule has 128 valence electrons. The summed E-state index contributed by atoms with van der Waals surface area (Å²) in [5.74, 6) is 1.23. The van der Waals surface area contributed by atoms with Gasteiger partial charge in [-0.15, -0.1) is 5.10 Å². The van der Waals surface area contributed by atoms with Crippen LogP contribution in [0.15, 0.2) is 54.7 Å². The minimum Gasteiger partial charge on any atom is -0.353 e. The second-order valence-corrected chi connectivity index (χ2v) is 6.12. The highest BCUT2D eigenvalue weighted by atomic mass is 15.3. The third-order valence-corrected chi connectivity index (χ3v) is 3.98. The summed E-state index contributed by atoms with van der Waals surface area (Å²) in [6.07, 6.45) is 3.68. The molecule has 1 aromatic heterocycles. The van der Waals surface area contributed by atoms with Gasteiger partial charge in [0, 0.05) is 12.2 Å². The van der Waals surface area contributed by atoms with Crippen LogP contribution in [0.25, 0.3) is 0 Å². The van der Waals surface area contributed by atoms with Crippen molar-refractivity contribution in [2.24, 2.45) is 0 Å². The lowest BCUT2D eigenvalue weighted by molar-refractivity contribution is 0.843. The van der Waals surface area contributed by atoms with E-state index in [0.717, 1.165) is 25.1 Å². The van der Waals surface area contributed by atoms with E-state index in [-0.39, 0.29) is 0 Å². The van der Waals surface area contributed by atoms with Gasteiger partial charge < -0.3 is 10.6 Å². The Morgan fingerprint density at radius 2 is 1.84 bits per heavy atom. The molecule has 3 rings (SSSR count). The minimum absolute atomic E-state index is 0.545. The van der Waals surface area contributed by atoms with Gasteiger partial charge in [-0.05, 0) is 49.4 Å². The van der Waals surface area contributed by atoms with Gasteiger partial charge in [-0.25, -0.2) is 0 Å². The SMILES string of the molecule is Cc1ccc(C)c(Nc2cnnc(NCCCc3ccccc3)n2)c1. The van der Waals surface area contributed by atoms with Crippen LogP contribution in [0, 0.1) is 13.8 Å². The molecule has 0 saturated carbocycles. The van der Waals surface area contributed by atoms with Crippen molar-refractivity contribution in [3.63, 3.8) is 0 Å². The van der Waals surface area contributed by atoms with E-state index in [1.54, 1.807) is 6.20 Å². The van der Waals surface area contributed by atoms with Crippen LogP contribution in [0.2, 0.25) is 0 Å². The van der Waals surface area contributed by atoms with E-state index in [1.807, 2.05) is 6.07 Å². The fourth-order valence-electron chi connectivity index (χ4n) is 2.58. The molecule has 0 aliphatic heterocycles. The largest absolute Gasteiger partial charge is 0.353 e. The van der Waals surface area contributed by atoms with Crippen LogP contribution in [-0.4, -0.2) is 21.7 Å². The number of aromatic nitrogens is 3. The van der Waals surface area contributed by atoms with Crippen LogP contribution in [-0.2, 0) is 6.42 Å². The second-order valence-electron chi connectivity index (χ2n) is 6.12. The van der Waals surface area contributed by atoms with Gasteiger partial charge in [0.15, 0.2) is 5.82 Å². The van der Waals surface area contributed by atoms with Crippen LogP contribution < -0.4 is 10.6 Å². The molecule has 0 atom stereocenters. The summed E-state index contributed by atoms with van der Waals surface area (Å²) >= 11 is 0. The molecule has 0 aliphatic rings. The predicted octanol–water partition coefficient (Wildman–Crippen LogP) is 4.28. The molecule has 3 aromatic rings. The summed E-state index contributed by atoms with van der Waals surface area (Å²) in [4.78, 5) is 4.49. The van der Waals surface area contributed by atoms with Gasteiger partial charge >= 0.3 is 0 Å². The Kier molecular flexibility index (Phi) is 5.57. The lowest BCUT2D eigenvalue weighted by atomic mass is 10.1. The third kappa shape index (κ3) is 5.01. The molecule has 0 saturated heterocycles. The normalized spacial score (nSPS) is 10.5. The molecule has 0 amide bonds. The molecule has 0 spiro atoms. The minimum atomic E-state index is 0.545. The van der Waals surface area contributed by atoms with Crippen molar-refractivity contribution >= 4 is 17.5 Å². The molecule has 1 heterocycles. The zero-order chi connectivity index (χ0) is 17.5. The first-order valence-electron chi connectivity index (χ1n) is 8.52. The highest BCUT2D eigenvalue weighted by molar-refractivity contribution is 5.61. The number of hydrogen-bond donors (Lipinski definition) is 2. The van der Waals surface area contributed by atoms with Gasteiger partial charge in [0.25, 0.3) is 0 Å². The highest BCUT2D eigenvalue weighted by Crippen LogP contribution is 2.20. The molecule has 0 unspecified atom stereocenters. The lowest BCUT2D eigenvalue weighted by Gasteiger charge is -2.10. The summed E-state index contributed by atoms with van der Waals surface area (Å²) in [6, 6.07) is 16.8. The Labute approximate surface area is 148 Å². The average Bonchev–Trinajstić information content (AvgIpc) is 2.63. The van der Waals surface area contributed by atoms with Gasteiger partial charge in [0.1, 0.15) is 0 Å². The van der Waals surface area contributed by atoms with E-state index in [9.17, 15) is 0 Å². The van der Waals surface area contributed by atoms with Crippen molar-refractivity contribution in [3.05, 3.63) is 71.4 Å². The van der Waals surface area contributed by atoms with E-state index in [1.165, 1.54) is 16.7 Å². The Balaban J connectivity index is 1.55. The van der Waals surface area contributed by atoms with Crippen LogP contribution in [0.1, 0.15) is 23.1 Å². The Morgan fingerprint density at radius 1 is 1.00 bits per heavy atom. The fourth-order valence-corrected chi connectivity index (χ4v) is 2.58. The number of aryl methyl sites for hydroxylation is 3. The quantitative estimate of drug-likeness (QED) is 0.632. The molecule has 5 heteroatoms. The number of nitrogens with zero attached hydrogens (tertiary/aromatic N) is 3. The summed E-state index contributed by atoms with van der Waals surface area (Å²) in [6.45, 7) is 4.95. The first-order chi connectivity index (χ1) is 12.2. The Bertz CT molecular complexity index is 817. The molecule has 2 aromatic carbocycles. The van der Waals surface area contributed by atoms with Gasteiger partial charge in [-0.2, -0.15) is 10.1 Å². The Morgan fingerprint density at radius 3 is 2.68 bits per heavy atom. The summed E-state index contributed by atoms with van der Waals surface area (Å²) in [5, 5.41) is 14.6. The van der Waals surface area contributed by atoms with Crippen LogP contribution in [0.5, 0.6) is 0 Å². The maximum absolute atomic E-state index is 4.49. The van der Waals surface area contributed by atoms with E-state index in [0.29, 0.717) is 11.8 Å². The average molecular weight is 333 g/mol. The monoisotopic (exact) mass is 333 g/mol. The molecule has 25 heavy (non-hydrogen) atoms. The van der Waals surface area contributed by atoms with E-state index in [2.05, 4.69) is 82.1 Å². The van der Waals surface area contributed by atoms with Crippen molar-refractivity contribution in [1.29, 1.82) is 0 Å². The third-order valence-electron chi connectivity index (χ3n) is 3.98. The first kappa shape index (κ1) is 16.9. The molecule has 2 N–H and O–H groups in total. The number of benzene rings is 2. The molecular weight excluding hydrogens is 310 g/mol. The topological polar surface area (TPSA) is 62.7 Å². The Hall–Kier alpha value is -2.95. The van der Waals surface area contributed by atoms with Gasteiger partial charge in [-0.3, -0.25) is 0 Å². The molecule has 0 aliphatic carbocycles. The predicted molar refractivity (Wildman–Crippen MR) is 102 cm³/mol. The maximum Gasteiger partial charge on any atom is 0.244 e. The van der Waals surface area contributed by atoms with Crippen molar-refractivity contribution in [3.8, 4) is 0 Å². The van der Waals surface area contributed by atoms with Gasteiger partial charge in [0.05, 0.1) is 6.20 Å². The van der Waals surface area contributed by atoms with Crippen molar-refractivity contribution < 1.29 is 0 Å². The second kappa shape index (κ2) is 8.24. The van der Waals surface area contributed by atoms with Crippen molar-refractivity contribution in [1.82, 2.24) is 15.2 Å². The first-order valence-corrected chi connectivity index (χ1v) is 8.52. The zero-order valence-electron chi connectivity index (χ0n) is 14.7. The fraction of sp³-hybridized carbons (Fsp3) is 0.250. The highest BCUT2D eigenvalue weighted by Gasteiger charge is 2.03. The van der Waals surface area contributed by atoms with Crippen molar-refractivity contribution in [2.45, 2.75) is 26.7 Å². The number of nitrogens with one attached hydrogen (secondary N) is 2. The van der Waals surface area contributed by atoms with Crippen LogP contribution >= 0.6 is 0 Å². The summed E-state index contributed by atoms with van der Waals surface area (Å²) in [5.41, 5.74) is 4.75. The number of anilines is 3. The van der Waals surface area contributed by atoms with Gasteiger partial charge in [0.2, 0.25) is 5.95 Å². The standard InChI is InChI=1S/C20H23N5/c1-15-10-11-16(2)18(13-15)23-19-14-22-25-20(24-19)21-12-6-9-17-7-4-3-5-8-17/h3-5,7-8,10-11,13-14H,6,9,12H2,1-2H3,(H2,21,23,24,25). The molecule has 0 bridgehead atoms. The smallest absolute Gasteiger partial charge is 0.244 e. The number of rotatable bonds is 7.